The zero-order chi connectivity index (χ0) is 18.1. The Morgan fingerprint density at radius 1 is 1.20 bits per heavy atom. The van der Waals surface area contributed by atoms with Crippen LogP contribution in [0.1, 0.15) is 37.9 Å². The molecule has 0 fully saturated rings. The molecule has 1 aliphatic rings. The highest BCUT2D eigenvalue weighted by molar-refractivity contribution is 5.94. The van der Waals surface area contributed by atoms with Crippen molar-refractivity contribution in [2.45, 2.75) is 32.9 Å². The van der Waals surface area contributed by atoms with Crippen LogP contribution < -0.4 is 10.2 Å². The summed E-state index contributed by atoms with van der Waals surface area (Å²) >= 11 is 0. The van der Waals surface area contributed by atoms with Gasteiger partial charge in [0.15, 0.2) is 0 Å². The number of hydrogen-bond acceptors (Lipinski definition) is 3. The van der Waals surface area contributed by atoms with Crippen molar-refractivity contribution in [3.05, 3.63) is 59.4 Å². The number of halogens is 1. The first-order valence-corrected chi connectivity index (χ1v) is 8.28. The first kappa shape index (κ1) is 17.0. The SMILES string of the molecule is CC(=O)N1c2ccc(F)cc2C(Nc2ccc(C#N)cc2)[C@@H](C)[C@@H]1C. The van der Waals surface area contributed by atoms with Gasteiger partial charge in [-0.1, -0.05) is 6.92 Å². The van der Waals surface area contributed by atoms with Crippen LogP contribution in [0, 0.1) is 23.1 Å². The molecule has 3 rings (SSSR count). The lowest BCUT2D eigenvalue weighted by molar-refractivity contribution is -0.117. The molecule has 1 heterocycles. The molecule has 2 aromatic rings. The average molecular weight is 337 g/mol. The molecule has 5 heteroatoms. The van der Waals surface area contributed by atoms with Crippen molar-refractivity contribution in [2.75, 3.05) is 10.2 Å². The van der Waals surface area contributed by atoms with Crippen molar-refractivity contribution >= 4 is 17.3 Å². The van der Waals surface area contributed by atoms with E-state index in [1.807, 2.05) is 19.1 Å². The number of carbonyl (C=O) groups is 1. The molecule has 0 saturated heterocycles. The number of carbonyl (C=O) groups excluding carboxylic acids is 1. The molecule has 4 nitrogen and oxygen atoms in total. The van der Waals surface area contributed by atoms with Gasteiger partial charge in [0.1, 0.15) is 5.82 Å². The lowest BCUT2D eigenvalue weighted by Gasteiger charge is -2.44. The maximum absolute atomic E-state index is 13.9. The number of amides is 1. The number of fused-ring (bicyclic) bond motifs is 1. The van der Waals surface area contributed by atoms with Crippen LogP contribution in [-0.2, 0) is 4.79 Å². The van der Waals surface area contributed by atoms with E-state index in [2.05, 4.69) is 18.3 Å². The quantitative estimate of drug-likeness (QED) is 0.891. The van der Waals surface area contributed by atoms with Gasteiger partial charge >= 0.3 is 0 Å². The fraction of sp³-hybridized carbons (Fsp3) is 0.300. The number of nitriles is 1. The maximum Gasteiger partial charge on any atom is 0.224 e. The van der Waals surface area contributed by atoms with Crippen molar-refractivity contribution in [3.63, 3.8) is 0 Å². The monoisotopic (exact) mass is 337 g/mol. The number of nitrogens with one attached hydrogen (secondary N) is 1. The fourth-order valence-corrected chi connectivity index (χ4v) is 3.50. The highest BCUT2D eigenvalue weighted by Gasteiger charge is 2.38. The Labute approximate surface area is 146 Å². The predicted octanol–water partition coefficient (Wildman–Crippen LogP) is 4.24. The molecular weight excluding hydrogens is 317 g/mol. The lowest BCUT2D eigenvalue weighted by Crippen LogP contribution is -2.48. The summed E-state index contributed by atoms with van der Waals surface area (Å²) in [6, 6.07) is 13.7. The molecule has 0 aromatic heterocycles. The molecule has 0 spiro atoms. The highest BCUT2D eigenvalue weighted by atomic mass is 19.1. The zero-order valence-electron chi connectivity index (χ0n) is 14.5. The Balaban J connectivity index is 2.03. The molecule has 1 amide bonds. The van der Waals surface area contributed by atoms with E-state index in [9.17, 15) is 9.18 Å². The Morgan fingerprint density at radius 2 is 1.88 bits per heavy atom. The van der Waals surface area contributed by atoms with Gasteiger partial charge in [-0.15, -0.1) is 0 Å². The average Bonchev–Trinajstić information content (AvgIpc) is 2.60. The first-order valence-electron chi connectivity index (χ1n) is 8.28. The van der Waals surface area contributed by atoms with Crippen molar-refractivity contribution < 1.29 is 9.18 Å². The van der Waals surface area contributed by atoms with E-state index < -0.39 is 0 Å². The van der Waals surface area contributed by atoms with E-state index in [0.29, 0.717) is 5.56 Å². The summed E-state index contributed by atoms with van der Waals surface area (Å²) in [6.45, 7) is 5.59. The summed E-state index contributed by atoms with van der Waals surface area (Å²) in [5.41, 5.74) is 2.95. The van der Waals surface area contributed by atoms with E-state index in [0.717, 1.165) is 16.9 Å². The first-order chi connectivity index (χ1) is 11.9. The van der Waals surface area contributed by atoms with E-state index >= 15 is 0 Å². The number of anilines is 2. The van der Waals surface area contributed by atoms with Gasteiger partial charge in [0, 0.05) is 35.8 Å². The Hall–Kier alpha value is -2.87. The second-order valence-electron chi connectivity index (χ2n) is 6.50. The van der Waals surface area contributed by atoms with Gasteiger partial charge in [0.2, 0.25) is 5.91 Å². The molecular formula is C20H20FN3O. The maximum atomic E-state index is 13.9. The normalized spacial score (nSPS) is 22.0. The number of hydrogen-bond donors (Lipinski definition) is 1. The van der Waals surface area contributed by atoms with Crippen LogP contribution >= 0.6 is 0 Å². The summed E-state index contributed by atoms with van der Waals surface area (Å²) in [5.74, 6) is -0.298. The minimum absolute atomic E-state index is 0.0219. The third-order valence-electron chi connectivity index (χ3n) is 4.95. The van der Waals surface area contributed by atoms with Crippen molar-refractivity contribution in [1.29, 1.82) is 5.26 Å². The minimum Gasteiger partial charge on any atom is -0.378 e. The molecule has 128 valence electrons. The highest BCUT2D eigenvalue weighted by Crippen LogP contribution is 2.42. The van der Waals surface area contributed by atoms with Crippen LogP contribution in [-0.4, -0.2) is 11.9 Å². The van der Waals surface area contributed by atoms with Crippen LogP contribution in [0.25, 0.3) is 0 Å². The standard InChI is InChI=1S/C20H20FN3O/c1-12-13(2)24(14(3)25)19-9-6-16(21)10-18(19)20(12)23-17-7-4-15(11-22)5-8-17/h4-10,12-13,20,23H,1-3H3/t12-,13-,20?/m0/s1. The van der Waals surface area contributed by atoms with Gasteiger partial charge in [0.05, 0.1) is 17.7 Å². The third-order valence-corrected chi connectivity index (χ3v) is 4.95. The van der Waals surface area contributed by atoms with E-state index in [4.69, 9.17) is 5.26 Å². The Bertz CT molecular complexity index is 841. The number of rotatable bonds is 2. The second kappa shape index (κ2) is 6.56. The smallest absolute Gasteiger partial charge is 0.224 e. The molecule has 1 aliphatic heterocycles. The van der Waals surface area contributed by atoms with Gasteiger partial charge in [-0.3, -0.25) is 4.79 Å². The number of benzene rings is 2. The van der Waals surface area contributed by atoms with Crippen LogP contribution in [0.4, 0.5) is 15.8 Å². The summed E-state index contributed by atoms with van der Waals surface area (Å²) < 4.78 is 13.9. The molecule has 0 saturated carbocycles. The molecule has 3 atom stereocenters. The van der Waals surface area contributed by atoms with Crippen LogP contribution in [0.2, 0.25) is 0 Å². The van der Waals surface area contributed by atoms with Gasteiger partial charge in [-0.25, -0.2) is 4.39 Å². The fourth-order valence-electron chi connectivity index (χ4n) is 3.50. The van der Waals surface area contributed by atoms with Crippen LogP contribution in [0.3, 0.4) is 0 Å². The largest absolute Gasteiger partial charge is 0.378 e. The molecule has 0 aliphatic carbocycles. The summed E-state index contributed by atoms with van der Waals surface area (Å²) in [7, 11) is 0. The molecule has 1 N–H and O–H groups in total. The molecule has 1 unspecified atom stereocenters. The summed E-state index contributed by atoms with van der Waals surface area (Å²) in [5, 5.41) is 12.4. The van der Waals surface area contributed by atoms with Crippen LogP contribution in [0.5, 0.6) is 0 Å². The minimum atomic E-state index is -0.323. The van der Waals surface area contributed by atoms with Gasteiger partial charge in [-0.05, 0) is 49.4 Å². The summed E-state index contributed by atoms with van der Waals surface area (Å²) in [4.78, 5) is 13.9. The van der Waals surface area contributed by atoms with Gasteiger partial charge < -0.3 is 10.2 Å². The molecule has 0 bridgehead atoms. The topological polar surface area (TPSA) is 56.1 Å². The molecule has 2 aromatic carbocycles. The number of nitrogens with zero attached hydrogens (tertiary/aromatic N) is 2. The van der Waals surface area contributed by atoms with Crippen molar-refractivity contribution in [3.8, 4) is 6.07 Å². The third kappa shape index (κ3) is 3.08. The molecule has 0 radical (unpaired) electrons. The van der Waals surface area contributed by atoms with Crippen molar-refractivity contribution in [1.82, 2.24) is 0 Å². The molecule has 25 heavy (non-hydrogen) atoms. The predicted molar refractivity (Wildman–Crippen MR) is 95.7 cm³/mol. The van der Waals surface area contributed by atoms with E-state index in [1.54, 1.807) is 23.1 Å². The van der Waals surface area contributed by atoms with Crippen LogP contribution in [0.15, 0.2) is 42.5 Å². The van der Waals surface area contributed by atoms with Gasteiger partial charge in [0.25, 0.3) is 0 Å². The van der Waals surface area contributed by atoms with E-state index in [1.165, 1.54) is 19.1 Å². The van der Waals surface area contributed by atoms with Crippen molar-refractivity contribution in [2.24, 2.45) is 5.92 Å². The van der Waals surface area contributed by atoms with E-state index in [-0.39, 0.29) is 29.7 Å². The summed E-state index contributed by atoms with van der Waals surface area (Å²) in [6.07, 6.45) is 0. The lowest BCUT2D eigenvalue weighted by atomic mass is 9.82. The van der Waals surface area contributed by atoms with Gasteiger partial charge in [-0.2, -0.15) is 5.26 Å². The Morgan fingerprint density at radius 3 is 2.48 bits per heavy atom. The Kier molecular flexibility index (Phi) is 4.45. The zero-order valence-corrected chi connectivity index (χ0v) is 14.5. The second-order valence-corrected chi connectivity index (χ2v) is 6.50.